The van der Waals surface area contributed by atoms with Crippen LogP contribution in [0.4, 0.5) is 0 Å². The van der Waals surface area contributed by atoms with Crippen LogP contribution in [-0.4, -0.2) is 12.3 Å². The molecule has 0 aliphatic heterocycles. The maximum atomic E-state index is 6.43. The Bertz CT molecular complexity index is 1740. The minimum Gasteiger partial charge on any atom is -0.0836 e. The molecule has 0 aliphatic carbocycles. The largest absolute Gasteiger partial charge is 1.00 e. The van der Waals surface area contributed by atoms with Gasteiger partial charge >= 0.3 is 22.4 Å². The molecule has 0 atom stereocenters. The third kappa shape index (κ3) is 10.7. The van der Waals surface area contributed by atoms with E-state index in [2.05, 4.69) is 194 Å². The van der Waals surface area contributed by atoms with Crippen LogP contribution in [0.1, 0.15) is 6.42 Å². The van der Waals surface area contributed by atoms with Crippen molar-refractivity contribution in [3.63, 3.8) is 0 Å². The van der Waals surface area contributed by atoms with Crippen LogP contribution in [0.15, 0.2) is 206 Å². The fraction of sp³-hybridized carbons (Fsp3) is 0.0667. The first kappa shape index (κ1) is 38.1. The second-order valence-electron chi connectivity index (χ2n) is 11.5. The standard InChI is InChI=1S/C27H26P2.C18H14ClP.Au/c1-5-14-24(15-6-1)28(25-16-7-2-8-17-25)22-13-23-29(26-18-9-3-10-19-26)27-20-11-4-12-21-27;19-17-13-7-8-14-18(17)20(15-9-3-1-4-10-15)16-11-5-2-6-12-16;/h1-12,14-21H,13,22-23H2;1-14H;/q;;+1. The molecule has 7 aromatic carbocycles. The summed E-state index contributed by atoms with van der Waals surface area (Å²) in [5, 5.41) is 10.6. The summed E-state index contributed by atoms with van der Waals surface area (Å²) in [7, 11) is -1.22. The first-order chi connectivity index (χ1) is 24.3. The number of hydrogen-bond acceptors (Lipinski definition) is 0. The van der Waals surface area contributed by atoms with E-state index in [4.69, 9.17) is 11.6 Å². The molecule has 0 radical (unpaired) electrons. The summed E-state index contributed by atoms with van der Waals surface area (Å²) in [5.41, 5.74) is 0. The van der Waals surface area contributed by atoms with Crippen LogP contribution in [-0.2, 0) is 22.4 Å². The van der Waals surface area contributed by atoms with Crippen molar-refractivity contribution in [3.8, 4) is 0 Å². The van der Waals surface area contributed by atoms with E-state index in [9.17, 15) is 0 Å². The van der Waals surface area contributed by atoms with Crippen LogP contribution >= 0.6 is 35.4 Å². The average Bonchev–Trinajstić information content (AvgIpc) is 3.18. The molecule has 5 heteroatoms. The Kier molecular flexibility index (Phi) is 15.7. The minimum absolute atomic E-state index is 0. The third-order valence-electron chi connectivity index (χ3n) is 8.16. The average molecular weight is 906 g/mol. The SMILES string of the molecule is Clc1ccccc1P(c1ccccc1)c1ccccc1.[Au+].c1ccc(P(CCCP(c2ccccc2)c2ccccc2)c2ccccc2)cc1. The van der Waals surface area contributed by atoms with Crippen molar-refractivity contribution < 1.29 is 22.4 Å². The number of halogens is 1. The fourth-order valence-electron chi connectivity index (χ4n) is 5.85. The molecular weight excluding hydrogens is 866 g/mol. The van der Waals surface area contributed by atoms with E-state index < -0.39 is 7.92 Å². The first-order valence-electron chi connectivity index (χ1n) is 16.7. The summed E-state index contributed by atoms with van der Waals surface area (Å²) < 4.78 is 0. The van der Waals surface area contributed by atoms with Gasteiger partial charge in [-0.25, -0.2) is 0 Å². The molecule has 0 amide bonds. The van der Waals surface area contributed by atoms with Gasteiger partial charge in [-0.05, 0) is 80.4 Å². The predicted molar refractivity (Wildman–Crippen MR) is 223 cm³/mol. The van der Waals surface area contributed by atoms with Crippen LogP contribution in [0.3, 0.4) is 0 Å². The molecule has 7 aromatic rings. The maximum absolute atomic E-state index is 6.43. The Hall–Kier alpha value is -3.14. The van der Waals surface area contributed by atoms with Crippen molar-refractivity contribution in [1.82, 2.24) is 0 Å². The summed E-state index contributed by atoms with van der Waals surface area (Å²) in [6, 6.07) is 73.6. The summed E-state index contributed by atoms with van der Waals surface area (Å²) in [6.45, 7) is 0. The molecule has 50 heavy (non-hydrogen) atoms. The molecule has 0 N–H and O–H groups in total. The number of benzene rings is 7. The van der Waals surface area contributed by atoms with Crippen molar-refractivity contribution in [1.29, 1.82) is 0 Å². The predicted octanol–water partition coefficient (Wildman–Crippen LogP) is 9.74. The molecule has 0 heterocycles. The van der Waals surface area contributed by atoms with Gasteiger partial charge in [-0.15, -0.1) is 0 Å². The molecule has 0 aliphatic rings. The Morgan fingerprint density at radius 2 is 0.580 bits per heavy atom. The van der Waals surface area contributed by atoms with Crippen LogP contribution in [0.5, 0.6) is 0 Å². The molecule has 0 saturated carbocycles. The molecule has 0 saturated heterocycles. The van der Waals surface area contributed by atoms with Crippen LogP contribution in [0.25, 0.3) is 0 Å². The minimum atomic E-state index is -0.599. The van der Waals surface area contributed by atoms with E-state index in [0.29, 0.717) is 0 Å². The van der Waals surface area contributed by atoms with E-state index in [1.807, 2.05) is 12.1 Å². The maximum Gasteiger partial charge on any atom is 1.00 e. The molecular formula is C45H40AuClP3+. The van der Waals surface area contributed by atoms with Gasteiger partial charge in [0.25, 0.3) is 0 Å². The topological polar surface area (TPSA) is 0 Å². The van der Waals surface area contributed by atoms with E-state index in [0.717, 1.165) is 5.02 Å². The molecule has 0 spiro atoms. The summed E-state index contributed by atoms with van der Waals surface area (Å²) in [6.07, 6.45) is 3.72. The van der Waals surface area contributed by atoms with E-state index in [1.165, 1.54) is 55.9 Å². The normalized spacial score (nSPS) is 10.7. The van der Waals surface area contributed by atoms with Crippen LogP contribution in [0.2, 0.25) is 5.02 Å². The Labute approximate surface area is 322 Å². The first-order valence-corrected chi connectivity index (χ1v) is 21.5. The van der Waals surface area contributed by atoms with Gasteiger partial charge in [0.1, 0.15) is 0 Å². The molecule has 0 fully saturated rings. The van der Waals surface area contributed by atoms with Gasteiger partial charge in [0.05, 0.1) is 0 Å². The molecule has 0 bridgehead atoms. The second-order valence-corrected chi connectivity index (χ2v) is 18.7. The fourth-order valence-corrected chi connectivity index (χ4v) is 13.5. The zero-order chi connectivity index (χ0) is 33.5. The molecule has 0 unspecified atom stereocenters. The Morgan fingerprint density at radius 1 is 0.320 bits per heavy atom. The third-order valence-corrected chi connectivity index (χ3v) is 16.3. The van der Waals surface area contributed by atoms with Gasteiger partial charge in [-0.3, -0.25) is 0 Å². The smallest absolute Gasteiger partial charge is 0.0836 e. The van der Waals surface area contributed by atoms with Gasteiger partial charge in [0.2, 0.25) is 0 Å². The van der Waals surface area contributed by atoms with Gasteiger partial charge in [0.15, 0.2) is 0 Å². The molecule has 7 rings (SSSR count). The zero-order valence-corrected chi connectivity index (χ0v) is 33.4. The van der Waals surface area contributed by atoms with Gasteiger partial charge in [-0.1, -0.05) is 212 Å². The van der Waals surface area contributed by atoms with E-state index in [-0.39, 0.29) is 38.2 Å². The van der Waals surface area contributed by atoms with E-state index >= 15 is 0 Å². The van der Waals surface area contributed by atoms with Gasteiger partial charge in [0, 0.05) is 10.3 Å². The van der Waals surface area contributed by atoms with Crippen LogP contribution in [0, 0.1) is 0 Å². The number of rotatable bonds is 11. The van der Waals surface area contributed by atoms with Crippen molar-refractivity contribution in [2.24, 2.45) is 0 Å². The van der Waals surface area contributed by atoms with Crippen molar-refractivity contribution in [2.45, 2.75) is 6.42 Å². The van der Waals surface area contributed by atoms with Gasteiger partial charge < -0.3 is 0 Å². The Balaban J connectivity index is 0.000000203. The van der Waals surface area contributed by atoms with Crippen LogP contribution < -0.4 is 37.1 Å². The quantitative estimate of drug-likeness (QED) is 0.0897. The van der Waals surface area contributed by atoms with Crippen molar-refractivity contribution in [3.05, 3.63) is 211 Å². The molecule has 0 aromatic heterocycles. The molecule has 0 nitrogen and oxygen atoms in total. The zero-order valence-electron chi connectivity index (χ0n) is 27.8. The summed E-state index contributed by atoms with van der Waals surface area (Å²) >= 11 is 6.43. The van der Waals surface area contributed by atoms with Gasteiger partial charge in [-0.2, -0.15) is 0 Å². The summed E-state index contributed by atoms with van der Waals surface area (Å²) in [4.78, 5) is 0. The number of hydrogen-bond donors (Lipinski definition) is 0. The van der Waals surface area contributed by atoms with E-state index in [1.54, 1.807) is 0 Å². The van der Waals surface area contributed by atoms with Crippen molar-refractivity contribution in [2.75, 3.05) is 12.3 Å². The Morgan fingerprint density at radius 3 is 0.880 bits per heavy atom. The second kappa shape index (κ2) is 20.6. The summed E-state index contributed by atoms with van der Waals surface area (Å²) in [5.74, 6) is 0. The monoisotopic (exact) mass is 905 g/mol. The van der Waals surface area contributed by atoms with Crippen molar-refractivity contribution >= 4 is 72.5 Å². The molecule has 252 valence electrons.